The highest BCUT2D eigenvalue weighted by molar-refractivity contribution is 6.10. The molecule has 0 aromatic heterocycles. The SMILES string of the molecule is Cc1ccc([C@H]2N[C@]3(CCCN(Cc4ccc(F)cc4)C3=O)[C@H]3C(=O)N(Cc4ccccc4)C(=O)[C@@H]23)cc1.O=C(O)C(F)(F)F. The van der Waals surface area contributed by atoms with Gasteiger partial charge in [-0.25, -0.2) is 9.18 Å². The van der Waals surface area contributed by atoms with E-state index in [1.54, 1.807) is 17.0 Å². The van der Waals surface area contributed by atoms with Crippen LogP contribution in [0.4, 0.5) is 17.6 Å². The Balaban J connectivity index is 0.000000515. The number of carboxylic acid groups (broad SMARTS) is 1. The smallest absolute Gasteiger partial charge is 0.475 e. The Hall–Kier alpha value is -4.58. The molecule has 3 fully saturated rings. The standard InChI is InChI=1S/C31H30FN3O3.C2HF3O2/c1-20-8-12-23(13-9-20)27-25-26(29(37)35(28(25)36)19-21-6-3-2-4-7-21)31(33-27)16-5-17-34(30(31)38)18-22-10-14-24(32)15-11-22;3-2(4,5)1(6)7/h2-4,6-15,25-27,33H,5,16-19H2,1H3;(H,6,7)/t25-,26-,27-,31-;/m1./s1. The second-order valence-corrected chi connectivity index (χ2v) is 11.5. The molecule has 6 rings (SSSR count). The lowest BCUT2D eigenvalue weighted by atomic mass is 9.74. The highest BCUT2D eigenvalue weighted by atomic mass is 19.4. The Bertz CT molecular complexity index is 1580. The van der Waals surface area contributed by atoms with Gasteiger partial charge < -0.3 is 10.0 Å². The van der Waals surface area contributed by atoms with Crippen LogP contribution in [0.5, 0.6) is 0 Å². The summed E-state index contributed by atoms with van der Waals surface area (Å²) in [6, 6.07) is 23.1. The van der Waals surface area contributed by atoms with E-state index in [4.69, 9.17) is 9.90 Å². The minimum absolute atomic E-state index is 0.166. The lowest BCUT2D eigenvalue weighted by molar-refractivity contribution is -0.192. The minimum atomic E-state index is -5.08. The van der Waals surface area contributed by atoms with Crippen LogP contribution in [0.2, 0.25) is 0 Å². The maximum Gasteiger partial charge on any atom is 0.490 e. The van der Waals surface area contributed by atoms with E-state index < -0.39 is 35.6 Å². The molecule has 3 amide bonds. The van der Waals surface area contributed by atoms with Crippen molar-refractivity contribution in [3.8, 4) is 0 Å². The molecule has 2 N–H and O–H groups in total. The van der Waals surface area contributed by atoms with Crippen molar-refractivity contribution < 1.29 is 41.8 Å². The van der Waals surface area contributed by atoms with Crippen molar-refractivity contribution in [1.82, 2.24) is 15.1 Å². The summed E-state index contributed by atoms with van der Waals surface area (Å²) in [4.78, 5) is 54.1. The predicted octanol–water partition coefficient (Wildman–Crippen LogP) is 4.77. The number of imide groups is 1. The molecule has 4 atom stereocenters. The number of carboxylic acids is 1. The van der Waals surface area contributed by atoms with Crippen LogP contribution in [-0.2, 0) is 32.3 Å². The van der Waals surface area contributed by atoms with E-state index in [-0.39, 0.29) is 30.1 Å². The van der Waals surface area contributed by atoms with Crippen LogP contribution in [0, 0.1) is 24.6 Å². The summed E-state index contributed by atoms with van der Waals surface area (Å²) < 4.78 is 45.2. The first-order valence-electron chi connectivity index (χ1n) is 14.4. The van der Waals surface area contributed by atoms with Crippen molar-refractivity contribution in [1.29, 1.82) is 0 Å². The molecule has 0 aliphatic carbocycles. The van der Waals surface area contributed by atoms with Crippen molar-refractivity contribution in [3.63, 3.8) is 0 Å². The van der Waals surface area contributed by atoms with Crippen LogP contribution >= 0.6 is 0 Å². The first kappa shape index (κ1) is 31.8. The number of aliphatic carboxylic acids is 1. The van der Waals surface area contributed by atoms with E-state index in [9.17, 15) is 31.9 Å². The van der Waals surface area contributed by atoms with Gasteiger partial charge in [-0.3, -0.25) is 24.6 Å². The molecular weight excluding hydrogens is 594 g/mol. The molecule has 236 valence electrons. The summed E-state index contributed by atoms with van der Waals surface area (Å²) in [5.74, 6) is -5.22. The molecule has 0 radical (unpaired) electrons. The number of aryl methyl sites for hydroxylation is 1. The molecule has 3 aromatic rings. The normalized spacial score (nSPS) is 24.5. The van der Waals surface area contributed by atoms with Crippen LogP contribution in [0.3, 0.4) is 0 Å². The van der Waals surface area contributed by atoms with E-state index in [1.807, 2.05) is 61.5 Å². The molecule has 1 spiro atoms. The number of alkyl halides is 3. The molecular formula is C33H31F4N3O5. The van der Waals surface area contributed by atoms with Gasteiger partial charge in [0, 0.05) is 19.1 Å². The maximum atomic E-state index is 14.2. The number of nitrogens with one attached hydrogen (secondary N) is 1. The van der Waals surface area contributed by atoms with Crippen molar-refractivity contribution in [3.05, 3.63) is 107 Å². The van der Waals surface area contributed by atoms with Gasteiger partial charge in [0.1, 0.15) is 11.4 Å². The van der Waals surface area contributed by atoms with Gasteiger partial charge in [-0.05, 0) is 48.6 Å². The molecule has 0 unspecified atom stereocenters. The molecule has 3 heterocycles. The third kappa shape index (κ3) is 6.32. The van der Waals surface area contributed by atoms with Gasteiger partial charge in [-0.15, -0.1) is 0 Å². The van der Waals surface area contributed by atoms with E-state index >= 15 is 0 Å². The summed E-state index contributed by atoms with van der Waals surface area (Å²) in [5.41, 5.74) is 2.51. The Kier molecular flexibility index (Phi) is 8.79. The molecule has 3 saturated heterocycles. The number of hydrogen-bond acceptors (Lipinski definition) is 5. The van der Waals surface area contributed by atoms with Crippen LogP contribution in [0.15, 0.2) is 78.9 Å². The number of fused-ring (bicyclic) bond motifs is 2. The molecule has 0 saturated carbocycles. The van der Waals surface area contributed by atoms with Crippen LogP contribution in [0.25, 0.3) is 0 Å². The van der Waals surface area contributed by atoms with Crippen molar-refractivity contribution in [2.24, 2.45) is 11.8 Å². The first-order valence-corrected chi connectivity index (χ1v) is 14.4. The van der Waals surface area contributed by atoms with E-state index in [2.05, 4.69) is 5.32 Å². The number of halogens is 4. The molecule has 45 heavy (non-hydrogen) atoms. The second-order valence-electron chi connectivity index (χ2n) is 11.5. The van der Waals surface area contributed by atoms with Crippen molar-refractivity contribution in [2.45, 2.75) is 50.6 Å². The van der Waals surface area contributed by atoms with Gasteiger partial charge in [0.25, 0.3) is 0 Å². The number of amides is 3. The zero-order valence-electron chi connectivity index (χ0n) is 24.3. The number of carbonyl (C=O) groups excluding carboxylic acids is 3. The average molecular weight is 626 g/mol. The minimum Gasteiger partial charge on any atom is -0.475 e. The van der Waals surface area contributed by atoms with Gasteiger partial charge in [0.05, 0.1) is 18.4 Å². The molecule has 3 aliphatic heterocycles. The lowest BCUT2D eigenvalue weighted by Crippen LogP contribution is -2.63. The van der Waals surface area contributed by atoms with Gasteiger partial charge in [0.15, 0.2) is 0 Å². The molecule has 8 nitrogen and oxygen atoms in total. The number of piperidine rings is 1. The fraction of sp³-hybridized carbons (Fsp3) is 0.333. The summed E-state index contributed by atoms with van der Waals surface area (Å²) >= 11 is 0. The van der Waals surface area contributed by atoms with Gasteiger partial charge >= 0.3 is 12.1 Å². The zero-order valence-corrected chi connectivity index (χ0v) is 24.3. The fourth-order valence-corrected chi connectivity index (χ4v) is 6.47. The van der Waals surface area contributed by atoms with Gasteiger partial charge in [0.2, 0.25) is 17.7 Å². The number of hydrogen-bond donors (Lipinski definition) is 2. The number of likely N-dealkylation sites (tertiary alicyclic amines) is 2. The maximum absolute atomic E-state index is 14.2. The Morgan fingerprint density at radius 1 is 0.911 bits per heavy atom. The summed E-state index contributed by atoms with van der Waals surface area (Å²) in [6.45, 7) is 3.06. The zero-order chi connectivity index (χ0) is 32.5. The van der Waals surface area contributed by atoms with Crippen LogP contribution < -0.4 is 5.32 Å². The third-order valence-corrected chi connectivity index (χ3v) is 8.56. The summed E-state index contributed by atoms with van der Waals surface area (Å²) in [6.07, 6.45) is -3.91. The summed E-state index contributed by atoms with van der Waals surface area (Å²) in [7, 11) is 0. The van der Waals surface area contributed by atoms with Crippen LogP contribution in [-0.4, -0.2) is 56.9 Å². The second kappa shape index (κ2) is 12.4. The van der Waals surface area contributed by atoms with Crippen molar-refractivity contribution >= 4 is 23.7 Å². The third-order valence-electron chi connectivity index (χ3n) is 8.56. The topological polar surface area (TPSA) is 107 Å². The Morgan fingerprint density at radius 3 is 2.11 bits per heavy atom. The number of rotatable bonds is 5. The van der Waals surface area contributed by atoms with Gasteiger partial charge in [-0.1, -0.05) is 72.3 Å². The quantitative estimate of drug-likeness (QED) is 0.313. The van der Waals surface area contributed by atoms with Gasteiger partial charge in [-0.2, -0.15) is 13.2 Å². The molecule has 12 heteroatoms. The molecule has 3 aliphatic rings. The summed E-state index contributed by atoms with van der Waals surface area (Å²) in [5, 5.41) is 10.7. The largest absolute Gasteiger partial charge is 0.490 e. The number of benzene rings is 3. The monoisotopic (exact) mass is 625 g/mol. The fourth-order valence-electron chi connectivity index (χ4n) is 6.47. The van der Waals surface area contributed by atoms with E-state index in [0.717, 1.165) is 22.3 Å². The van der Waals surface area contributed by atoms with Crippen LogP contribution in [0.1, 0.15) is 41.1 Å². The Labute approximate surface area is 256 Å². The average Bonchev–Trinajstić information content (AvgIpc) is 3.47. The first-order chi connectivity index (χ1) is 21.3. The number of carbonyl (C=O) groups is 4. The lowest BCUT2D eigenvalue weighted by Gasteiger charge is -2.42. The van der Waals surface area contributed by atoms with E-state index in [1.165, 1.54) is 17.0 Å². The highest BCUT2D eigenvalue weighted by Crippen LogP contribution is 2.52. The van der Waals surface area contributed by atoms with Crippen molar-refractivity contribution in [2.75, 3.05) is 6.54 Å². The highest BCUT2D eigenvalue weighted by Gasteiger charge is 2.69. The molecule has 0 bridgehead atoms. The molecule has 3 aromatic carbocycles. The Morgan fingerprint density at radius 2 is 1.51 bits per heavy atom. The number of nitrogens with zero attached hydrogens (tertiary/aromatic N) is 2. The van der Waals surface area contributed by atoms with E-state index in [0.29, 0.717) is 25.9 Å². The predicted molar refractivity (Wildman–Crippen MR) is 154 cm³/mol.